The number of amides is 2. The van der Waals surface area contributed by atoms with E-state index in [0.29, 0.717) is 15.9 Å². The summed E-state index contributed by atoms with van der Waals surface area (Å²) in [7, 11) is -4.59. The summed E-state index contributed by atoms with van der Waals surface area (Å²) < 4.78 is 70.4. The standard InChI is InChI=1S/C34H33ClF3N3O4S/c1-3-39-33(43)31(20-25-10-6-4-7-11-25)40(22-26-12-8-5-9-13-26)32(42)23-41(46(44,45)28-17-14-24(2)15-18-28)27-16-19-30(35)29(21-27)34(36,37)38/h4-19,21,31H,3,20,22-23H2,1-2H3,(H,39,43). The number of halogens is 4. The van der Waals surface area contributed by atoms with E-state index >= 15 is 0 Å². The van der Waals surface area contributed by atoms with Crippen LogP contribution in [0.25, 0.3) is 0 Å². The van der Waals surface area contributed by atoms with Crippen LogP contribution in [-0.2, 0) is 38.8 Å². The quantitative estimate of drug-likeness (QED) is 0.183. The van der Waals surface area contributed by atoms with Crippen molar-refractivity contribution in [1.29, 1.82) is 0 Å². The first kappa shape index (κ1) is 34.5. The van der Waals surface area contributed by atoms with Gasteiger partial charge in [0.25, 0.3) is 10.0 Å². The van der Waals surface area contributed by atoms with Crippen molar-refractivity contribution in [3.05, 3.63) is 130 Å². The molecule has 2 amide bonds. The summed E-state index contributed by atoms with van der Waals surface area (Å²) in [6, 6.07) is 25.1. The van der Waals surface area contributed by atoms with Gasteiger partial charge in [-0.1, -0.05) is 90.0 Å². The van der Waals surface area contributed by atoms with Gasteiger partial charge in [0, 0.05) is 19.5 Å². The summed E-state index contributed by atoms with van der Waals surface area (Å²) in [4.78, 5) is 28.9. The van der Waals surface area contributed by atoms with Gasteiger partial charge in [-0.3, -0.25) is 13.9 Å². The Morgan fingerprint density at radius 2 is 1.46 bits per heavy atom. The van der Waals surface area contributed by atoms with Crippen LogP contribution in [0.1, 0.15) is 29.2 Å². The fourth-order valence-electron chi connectivity index (χ4n) is 4.88. The molecule has 1 N–H and O–H groups in total. The summed E-state index contributed by atoms with van der Waals surface area (Å²) >= 11 is 5.86. The Labute approximate surface area is 271 Å². The number of carbonyl (C=O) groups is 2. The maximum Gasteiger partial charge on any atom is 0.417 e. The van der Waals surface area contributed by atoms with Crippen LogP contribution >= 0.6 is 11.6 Å². The molecule has 0 heterocycles. The Bertz CT molecular complexity index is 1750. The van der Waals surface area contributed by atoms with Gasteiger partial charge in [-0.25, -0.2) is 8.42 Å². The van der Waals surface area contributed by atoms with Crippen LogP contribution in [0, 0.1) is 6.92 Å². The molecule has 46 heavy (non-hydrogen) atoms. The Balaban J connectivity index is 1.84. The van der Waals surface area contributed by atoms with Crippen molar-refractivity contribution in [2.24, 2.45) is 0 Å². The van der Waals surface area contributed by atoms with Crippen LogP contribution in [0.4, 0.5) is 18.9 Å². The molecular formula is C34H33ClF3N3O4S. The molecule has 0 saturated heterocycles. The normalized spacial score (nSPS) is 12.3. The highest BCUT2D eigenvalue weighted by Crippen LogP contribution is 2.38. The first-order chi connectivity index (χ1) is 21.8. The van der Waals surface area contributed by atoms with Crippen molar-refractivity contribution in [3.63, 3.8) is 0 Å². The zero-order valence-electron chi connectivity index (χ0n) is 25.2. The predicted octanol–water partition coefficient (Wildman–Crippen LogP) is 6.64. The number of nitrogens with zero attached hydrogens (tertiary/aromatic N) is 2. The number of aryl methyl sites for hydroxylation is 1. The molecular weight excluding hydrogens is 639 g/mol. The number of carbonyl (C=O) groups excluding carboxylic acids is 2. The summed E-state index contributed by atoms with van der Waals surface area (Å²) in [6.07, 6.45) is -4.79. The average Bonchev–Trinajstić information content (AvgIpc) is 3.02. The van der Waals surface area contributed by atoms with Gasteiger partial charge in [0.2, 0.25) is 11.8 Å². The fraction of sp³-hybridized carbons (Fsp3) is 0.235. The van der Waals surface area contributed by atoms with Crippen molar-refractivity contribution < 1.29 is 31.2 Å². The zero-order valence-corrected chi connectivity index (χ0v) is 26.7. The fourth-order valence-corrected chi connectivity index (χ4v) is 6.51. The van der Waals surface area contributed by atoms with E-state index < -0.39 is 56.9 Å². The molecule has 0 saturated carbocycles. The SMILES string of the molecule is CCNC(=O)C(Cc1ccccc1)N(Cc1ccccc1)C(=O)CN(c1ccc(Cl)c(C(F)(F)F)c1)S(=O)(=O)c1ccc(C)cc1. The molecule has 242 valence electrons. The molecule has 0 aliphatic heterocycles. The van der Waals surface area contributed by atoms with Crippen molar-refractivity contribution in [3.8, 4) is 0 Å². The van der Waals surface area contributed by atoms with E-state index in [-0.39, 0.29) is 24.4 Å². The second kappa shape index (κ2) is 14.8. The minimum absolute atomic E-state index is 0.0683. The molecule has 0 fully saturated rings. The molecule has 4 aromatic carbocycles. The van der Waals surface area contributed by atoms with Gasteiger partial charge in [0.1, 0.15) is 12.6 Å². The Morgan fingerprint density at radius 3 is 2.02 bits per heavy atom. The largest absolute Gasteiger partial charge is 0.417 e. The lowest BCUT2D eigenvalue weighted by molar-refractivity contribution is -0.140. The Hall–Kier alpha value is -4.35. The highest BCUT2D eigenvalue weighted by Gasteiger charge is 2.37. The summed E-state index contributed by atoms with van der Waals surface area (Å²) in [5.41, 5.74) is 0.502. The monoisotopic (exact) mass is 671 g/mol. The first-order valence-electron chi connectivity index (χ1n) is 14.4. The lowest BCUT2D eigenvalue weighted by atomic mass is 10.0. The third-order valence-corrected chi connectivity index (χ3v) is 9.37. The smallest absolute Gasteiger partial charge is 0.355 e. The van der Waals surface area contributed by atoms with Crippen LogP contribution < -0.4 is 9.62 Å². The summed E-state index contributed by atoms with van der Waals surface area (Å²) in [5.74, 6) is -1.26. The number of anilines is 1. The van der Waals surface area contributed by atoms with Crippen molar-refractivity contribution >= 4 is 39.1 Å². The number of hydrogen-bond acceptors (Lipinski definition) is 4. The number of benzene rings is 4. The Morgan fingerprint density at radius 1 is 0.870 bits per heavy atom. The lowest BCUT2D eigenvalue weighted by Crippen LogP contribution is -2.53. The maximum absolute atomic E-state index is 14.3. The van der Waals surface area contributed by atoms with Crippen molar-refractivity contribution in [1.82, 2.24) is 10.2 Å². The van der Waals surface area contributed by atoms with E-state index in [9.17, 15) is 31.2 Å². The molecule has 4 rings (SSSR count). The minimum atomic E-state index is -4.89. The third kappa shape index (κ3) is 8.46. The predicted molar refractivity (Wildman–Crippen MR) is 172 cm³/mol. The first-order valence-corrected chi connectivity index (χ1v) is 16.2. The minimum Gasteiger partial charge on any atom is -0.355 e. The number of nitrogens with one attached hydrogen (secondary N) is 1. The number of sulfonamides is 1. The number of hydrogen-bond donors (Lipinski definition) is 1. The molecule has 0 aromatic heterocycles. The average molecular weight is 672 g/mol. The van der Waals surface area contributed by atoms with Gasteiger partial charge in [-0.05, 0) is 55.3 Å². The van der Waals surface area contributed by atoms with E-state index in [1.807, 2.05) is 6.07 Å². The molecule has 7 nitrogen and oxygen atoms in total. The molecule has 0 spiro atoms. The van der Waals surface area contributed by atoms with E-state index in [2.05, 4.69) is 5.32 Å². The van der Waals surface area contributed by atoms with Gasteiger partial charge in [0.05, 0.1) is 21.2 Å². The van der Waals surface area contributed by atoms with Crippen LogP contribution in [-0.4, -0.2) is 44.3 Å². The van der Waals surface area contributed by atoms with E-state index in [0.717, 1.165) is 23.3 Å². The van der Waals surface area contributed by atoms with Gasteiger partial charge in [0.15, 0.2) is 0 Å². The second-order valence-corrected chi connectivity index (χ2v) is 12.9. The lowest BCUT2D eigenvalue weighted by Gasteiger charge is -2.34. The number of likely N-dealkylation sites (N-methyl/N-ethyl adjacent to an activating group) is 1. The highest BCUT2D eigenvalue weighted by atomic mass is 35.5. The van der Waals surface area contributed by atoms with Crippen molar-refractivity contribution in [2.75, 3.05) is 17.4 Å². The molecule has 0 bridgehead atoms. The van der Waals surface area contributed by atoms with Gasteiger partial charge in [-0.2, -0.15) is 13.2 Å². The molecule has 0 radical (unpaired) electrons. The molecule has 12 heteroatoms. The van der Waals surface area contributed by atoms with Gasteiger partial charge in [-0.15, -0.1) is 0 Å². The van der Waals surface area contributed by atoms with E-state index in [1.165, 1.54) is 17.0 Å². The molecule has 4 aromatic rings. The zero-order chi connectivity index (χ0) is 33.5. The van der Waals surface area contributed by atoms with E-state index in [1.54, 1.807) is 80.6 Å². The van der Waals surface area contributed by atoms with Crippen molar-refractivity contribution in [2.45, 2.75) is 43.9 Å². The maximum atomic E-state index is 14.3. The highest BCUT2D eigenvalue weighted by molar-refractivity contribution is 7.92. The molecule has 0 aliphatic rings. The van der Waals surface area contributed by atoms with Crippen LogP contribution in [0.3, 0.4) is 0 Å². The number of alkyl halides is 3. The van der Waals surface area contributed by atoms with E-state index in [4.69, 9.17) is 11.6 Å². The van der Waals surface area contributed by atoms with Crippen LogP contribution in [0.5, 0.6) is 0 Å². The second-order valence-electron chi connectivity index (χ2n) is 10.6. The van der Waals surface area contributed by atoms with Crippen LogP contribution in [0.15, 0.2) is 108 Å². The topological polar surface area (TPSA) is 86.8 Å². The van der Waals surface area contributed by atoms with Crippen LogP contribution in [0.2, 0.25) is 5.02 Å². The Kier molecular flexibility index (Phi) is 11.1. The molecule has 1 unspecified atom stereocenters. The number of rotatable bonds is 12. The van der Waals surface area contributed by atoms with Gasteiger partial charge < -0.3 is 10.2 Å². The summed E-state index contributed by atoms with van der Waals surface area (Å²) in [6.45, 7) is 2.79. The summed E-state index contributed by atoms with van der Waals surface area (Å²) in [5, 5.41) is 2.13. The molecule has 1 atom stereocenters. The molecule has 0 aliphatic carbocycles. The third-order valence-electron chi connectivity index (χ3n) is 7.25. The van der Waals surface area contributed by atoms with Gasteiger partial charge >= 0.3 is 6.18 Å².